The van der Waals surface area contributed by atoms with Gasteiger partial charge in [0, 0.05) is 25.8 Å². The van der Waals surface area contributed by atoms with Crippen molar-refractivity contribution in [1.29, 1.82) is 0 Å². The van der Waals surface area contributed by atoms with Gasteiger partial charge in [0.25, 0.3) is 5.91 Å². The number of phenols is 2. The van der Waals surface area contributed by atoms with E-state index >= 15 is 0 Å². The molecule has 0 aliphatic carbocycles. The lowest BCUT2D eigenvalue weighted by Gasteiger charge is -2.17. The Kier molecular flexibility index (Phi) is 5.45. The summed E-state index contributed by atoms with van der Waals surface area (Å²) in [6.07, 6.45) is 2.43. The number of carbonyl (C=O) groups excluding carboxylic acids is 1. The summed E-state index contributed by atoms with van der Waals surface area (Å²) in [5, 5.41) is 27.1. The molecular weight excluding hydrogens is 234 g/mol. The first kappa shape index (κ1) is 14.3. The van der Waals surface area contributed by atoms with Crippen molar-refractivity contribution in [2.24, 2.45) is 0 Å². The van der Waals surface area contributed by atoms with Gasteiger partial charge in [-0.25, -0.2) is 0 Å². The number of nitrogens with zero attached hydrogens (tertiary/aromatic N) is 1. The number of hydrogen-bond acceptors (Lipinski definition) is 4. The molecule has 1 amide bonds. The molecule has 0 saturated carbocycles. The molecule has 0 bridgehead atoms. The third-order valence-electron chi connectivity index (χ3n) is 2.72. The summed E-state index contributed by atoms with van der Waals surface area (Å²) in [5.74, 6) is -0.735. The summed E-state index contributed by atoms with van der Waals surface area (Å²) in [4.78, 5) is 13.5. The number of phenolic OH excluding ortho intramolecular Hbond substituents is 2. The summed E-state index contributed by atoms with van der Waals surface area (Å²) in [6, 6.07) is 4.02. The summed E-state index contributed by atoms with van der Waals surface area (Å²) in [7, 11) is 1.69. The molecular formula is C13H19NO4. The molecule has 1 aromatic carbocycles. The zero-order chi connectivity index (χ0) is 13.5. The van der Waals surface area contributed by atoms with Gasteiger partial charge in [0.2, 0.25) is 0 Å². The average molecular weight is 253 g/mol. The van der Waals surface area contributed by atoms with Gasteiger partial charge in [0.05, 0.1) is 0 Å². The second-order valence-corrected chi connectivity index (χ2v) is 4.21. The summed E-state index contributed by atoms with van der Waals surface area (Å²) >= 11 is 0. The number of aliphatic hydroxyl groups is 1. The van der Waals surface area contributed by atoms with Gasteiger partial charge in [-0.1, -0.05) is 0 Å². The number of aromatic hydroxyl groups is 2. The van der Waals surface area contributed by atoms with Crippen LogP contribution in [0.4, 0.5) is 0 Å². The van der Waals surface area contributed by atoms with Crippen LogP contribution >= 0.6 is 0 Å². The lowest BCUT2D eigenvalue weighted by Crippen LogP contribution is -2.27. The van der Waals surface area contributed by atoms with E-state index in [1.54, 1.807) is 11.9 Å². The minimum Gasteiger partial charge on any atom is -0.504 e. The van der Waals surface area contributed by atoms with Crippen LogP contribution in [0.15, 0.2) is 18.2 Å². The molecule has 18 heavy (non-hydrogen) atoms. The van der Waals surface area contributed by atoms with E-state index in [4.69, 9.17) is 10.2 Å². The van der Waals surface area contributed by atoms with Crippen molar-refractivity contribution in [2.75, 3.05) is 20.2 Å². The van der Waals surface area contributed by atoms with Crippen LogP contribution in [0, 0.1) is 0 Å². The van der Waals surface area contributed by atoms with Crippen molar-refractivity contribution in [1.82, 2.24) is 4.90 Å². The molecule has 0 saturated heterocycles. The van der Waals surface area contributed by atoms with E-state index in [-0.39, 0.29) is 24.0 Å². The molecule has 0 aliphatic heterocycles. The molecule has 0 aromatic heterocycles. The first-order chi connectivity index (χ1) is 8.56. The smallest absolute Gasteiger partial charge is 0.253 e. The van der Waals surface area contributed by atoms with Crippen LogP contribution in [0.2, 0.25) is 0 Å². The van der Waals surface area contributed by atoms with Crippen molar-refractivity contribution in [3.05, 3.63) is 23.8 Å². The molecule has 0 unspecified atom stereocenters. The van der Waals surface area contributed by atoms with E-state index in [1.165, 1.54) is 18.2 Å². The molecule has 0 radical (unpaired) electrons. The van der Waals surface area contributed by atoms with Crippen molar-refractivity contribution in [2.45, 2.75) is 19.3 Å². The summed E-state index contributed by atoms with van der Waals surface area (Å²) < 4.78 is 0. The maximum Gasteiger partial charge on any atom is 0.253 e. The van der Waals surface area contributed by atoms with Crippen molar-refractivity contribution < 1.29 is 20.1 Å². The second-order valence-electron chi connectivity index (χ2n) is 4.21. The van der Waals surface area contributed by atoms with E-state index in [0.29, 0.717) is 12.1 Å². The molecule has 0 aliphatic rings. The van der Waals surface area contributed by atoms with E-state index in [0.717, 1.165) is 19.3 Å². The van der Waals surface area contributed by atoms with Crippen molar-refractivity contribution >= 4 is 5.91 Å². The molecule has 1 aromatic rings. The van der Waals surface area contributed by atoms with Crippen LogP contribution in [0.25, 0.3) is 0 Å². The van der Waals surface area contributed by atoms with Gasteiger partial charge in [0.1, 0.15) is 0 Å². The maximum absolute atomic E-state index is 12.0. The molecule has 0 atom stereocenters. The number of benzene rings is 1. The number of carbonyl (C=O) groups is 1. The Morgan fingerprint density at radius 2 is 1.89 bits per heavy atom. The van der Waals surface area contributed by atoms with E-state index in [1.807, 2.05) is 0 Å². The Labute approximate surface area is 106 Å². The normalized spacial score (nSPS) is 10.3. The number of amides is 1. The Morgan fingerprint density at radius 1 is 1.17 bits per heavy atom. The van der Waals surface area contributed by atoms with Gasteiger partial charge >= 0.3 is 0 Å². The van der Waals surface area contributed by atoms with E-state index < -0.39 is 0 Å². The Bertz CT molecular complexity index is 406. The van der Waals surface area contributed by atoms with Crippen LogP contribution < -0.4 is 0 Å². The van der Waals surface area contributed by atoms with Crippen LogP contribution in [0.5, 0.6) is 11.5 Å². The fraction of sp³-hybridized carbons (Fsp3) is 0.462. The molecule has 0 spiro atoms. The largest absolute Gasteiger partial charge is 0.504 e. The zero-order valence-electron chi connectivity index (χ0n) is 10.5. The third-order valence-corrected chi connectivity index (χ3v) is 2.72. The fourth-order valence-corrected chi connectivity index (χ4v) is 1.62. The molecule has 3 N–H and O–H groups in total. The van der Waals surface area contributed by atoms with Gasteiger partial charge in [-0.3, -0.25) is 4.79 Å². The number of rotatable bonds is 6. The lowest BCUT2D eigenvalue weighted by molar-refractivity contribution is 0.0791. The Balaban J connectivity index is 2.54. The standard InChI is InChI=1S/C13H19NO4/c1-14(7-3-2-4-8-15)13(18)10-5-6-11(16)12(17)9-10/h5-6,9,15-17H,2-4,7-8H2,1H3. The molecule has 0 fully saturated rings. The molecule has 0 heterocycles. The number of hydrogen-bond donors (Lipinski definition) is 3. The highest BCUT2D eigenvalue weighted by molar-refractivity contribution is 5.94. The van der Waals surface area contributed by atoms with Gasteiger partial charge < -0.3 is 20.2 Å². The zero-order valence-corrected chi connectivity index (χ0v) is 10.5. The fourth-order valence-electron chi connectivity index (χ4n) is 1.62. The third kappa shape index (κ3) is 3.92. The van der Waals surface area contributed by atoms with Crippen LogP contribution in [-0.2, 0) is 0 Å². The molecule has 5 heteroatoms. The minimum absolute atomic E-state index is 0.170. The second kappa shape index (κ2) is 6.86. The average Bonchev–Trinajstić information content (AvgIpc) is 2.37. The predicted molar refractivity (Wildman–Crippen MR) is 67.7 cm³/mol. The van der Waals surface area contributed by atoms with Gasteiger partial charge in [-0.15, -0.1) is 0 Å². The highest BCUT2D eigenvalue weighted by Crippen LogP contribution is 2.25. The lowest BCUT2D eigenvalue weighted by atomic mass is 10.1. The van der Waals surface area contributed by atoms with Crippen molar-refractivity contribution in [3.63, 3.8) is 0 Å². The van der Waals surface area contributed by atoms with E-state index in [2.05, 4.69) is 0 Å². The topological polar surface area (TPSA) is 81.0 Å². The Hall–Kier alpha value is -1.75. The first-order valence-electron chi connectivity index (χ1n) is 5.94. The number of unbranched alkanes of at least 4 members (excludes halogenated alkanes) is 2. The van der Waals surface area contributed by atoms with Crippen LogP contribution in [0.3, 0.4) is 0 Å². The van der Waals surface area contributed by atoms with E-state index in [9.17, 15) is 9.90 Å². The maximum atomic E-state index is 12.0. The van der Waals surface area contributed by atoms with Crippen molar-refractivity contribution in [3.8, 4) is 11.5 Å². The SMILES string of the molecule is CN(CCCCCO)C(=O)c1ccc(O)c(O)c1. The van der Waals surface area contributed by atoms with Crippen LogP contribution in [-0.4, -0.2) is 46.3 Å². The predicted octanol–water partition coefficient (Wildman–Crippen LogP) is 1.33. The molecule has 5 nitrogen and oxygen atoms in total. The molecule has 1 rings (SSSR count). The minimum atomic E-state index is -0.297. The summed E-state index contributed by atoms with van der Waals surface area (Å²) in [5.41, 5.74) is 0.343. The van der Waals surface area contributed by atoms with Gasteiger partial charge in [-0.05, 0) is 37.5 Å². The molecule has 100 valence electrons. The van der Waals surface area contributed by atoms with Gasteiger partial charge in [-0.2, -0.15) is 0 Å². The summed E-state index contributed by atoms with van der Waals surface area (Å²) in [6.45, 7) is 0.768. The quantitative estimate of drug-likeness (QED) is 0.528. The highest BCUT2D eigenvalue weighted by Gasteiger charge is 2.13. The number of aliphatic hydroxyl groups excluding tert-OH is 1. The highest BCUT2D eigenvalue weighted by atomic mass is 16.3. The Morgan fingerprint density at radius 3 is 2.50 bits per heavy atom. The van der Waals surface area contributed by atoms with Crippen LogP contribution in [0.1, 0.15) is 29.6 Å². The first-order valence-corrected chi connectivity index (χ1v) is 5.94. The monoisotopic (exact) mass is 253 g/mol. The van der Waals surface area contributed by atoms with Gasteiger partial charge in [0.15, 0.2) is 11.5 Å².